The summed E-state index contributed by atoms with van der Waals surface area (Å²) < 4.78 is 9.75. The van der Waals surface area contributed by atoms with Gasteiger partial charge >= 0.3 is 12.1 Å². The molecule has 1 amide bonds. The van der Waals surface area contributed by atoms with E-state index in [1.165, 1.54) is 14.0 Å². The molecule has 1 unspecified atom stereocenters. The van der Waals surface area contributed by atoms with Crippen LogP contribution in [0, 0.1) is 0 Å². The normalized spacial score (nSPS) is 14.0. The van der Waals surface area contributed by atoms with E-state index in [2.05, 4.69) is 10.1 Å². The monoisotopic (exact) mass is 313 g/mol. The van der Waals surface area contributed by atoms with Crippen molar-refractivity contribution in [3.63, 3.8) is 0 Å². The lowest BCUT2D eigenvalue weighted by atomic mass is 10.0. The smallest absolute Gasteiger partial charge is 0.408 e. The van der Waals surface area contributed by atoms with Gasteiger partial charge in [0.05, 0.1) is 7.11 Å². The summed E-state index contributed by atoms with van der Waals surface area (Å²) in [6, 6.07) is 3.15. The van der Waals surface area contributed by atoms with Crippen molar-refractivity contribution in [3.05, 3.63) is 21.9 Å². The first kappa shape index (κ1) is 17.2. The number of hydrogen-bond donors (Lipinski definition) is 1. The number of aldehydes is 1. The fraction of sp³-hybridized carbons (Fsp3) is 0.500. The van der Waals surface area contributed by atoms with Crippen LogP contribution in [0.3, 0.4) is 0 Å². The maximum Gasteiger partial charge on any atom is 0.408 e. The Morgan fingerprint density at radius 1 is 1.24 bits per heavy atom. The maximum absolute atomic E-state index is 11.8. The summed E-state index contributed by atoms with van der Waals surface area (Å²) in [6.45, 7) is 6.72. The van der Waals surface area contributed by atoms with E-state index >= 15 is 0 Å². The number of hydrogen-bond acceptors (Lipinski definition) is 6. The Labute approximate surface area is 127 Å². The second-order valence-electron chi connectivity index (χ2n) is 5.60. The van der Waals surface area contributed by atoms with E-state index in [0.29, 0.717) is 16.0 Å². The Bertz CT molecular complexity index is 546. The van der Waals surface area contributed by atoms with Gasteiger partial charge in [-0.1, -0.05) is 0 Å². The molecular formula is C14H19NO5S. The molecule has 1 rings (SSSR count). The Morgan fingerprint density at radius 3 is 2.33 bits per heavy atom. The zero-order valence-corrected chi connectivity index (χ0v) is 13.5. The van der Waals surface area contributed by atoms with Gasteiger partial charge in [-0.3, -0.25) is 0 Å². The molecule has 1 aromatic heterocycles. The Kier molecular flexibility index (Phi) is 5.11. The van der Waals surface area contributed by atoms with Gasteiger partial charge in [-0.05, 0) is 39.8 Å². The van der Waals surface area contributed by atoms with Crippen molar-refractivity contribution in [2.45, 2.75) is 38.8 Å². The van der Waals surface area contributed by atoms with Crippen LogP contribution in [0.2, 0.25) is 0 Å². The molecule has 1 N–H and O–H groups in total. The predicted molar refractivity (Wildman–Crippen MR) is 78.4 cm³/mol. The number of carbonyl (C=O) groups is 3. The second-order valence-corrected chi connectivity index (χ2v) is 6.69. The molecular weight excluding hydrogens is 294 g/mol. The van der Waals surface area contributed by atoms with Crippen molar-refractivity contribution in [1.29, 1.82) is 0 Å². The highest BCUT2D eigenvalue weighted by molar-refractivity contribution is 7.14. The highest BCUT2D eigenvalue weighted by Gasteiger charge is 2.32. The first-order valence-electron chi connectivity index (χ1n) is 6.27. The third-order valence-corrected chi connectivity index (χ3v) is 3.80. The average Bonchev–Trinajstić information content (AvgIpc) is 2.85. The molecule has 0 radical (unpaired) electrons. The molecule has 1 aromatic rings. The largest absolute Gasteiger partial charge is 0.465 e. The fourth-order valence-corrected chi connectivity index (χ4v) is 2.48. The first-order chi connectivity index (χ1) is 9.61. The van der Waals surface area contributed by atoms with Crippen molar-refractivity contribution in [1.82, 2.24) is 5.32 Å². The molecule has 0 aliphatic heterocycles. The number of thiophene rings is 1. The molecule has 0 aliphatic carbocycles. The van der Waals surface area contributed by atoms with Gasteiger partial charge in [0.15, 0.2) is 6.29 Å². The van der Waals surface area contributed by atoms with E-state index in [9.17, 15) is 14.4 Å². The highest BCUT2D eigenvalue weighted by atomic mass is 32.1. The van der Waals surface area contributed by atoms with Crippen molar-refractivity contribution in [2.75, 3.05) is 7.11 Å². The van der Waals surface area contributed by atoms with E-state index in [4.69, 9.17) is 4.74 Å². The summed E-state index contributed by atoms with van der Waals surface area (Å²) in [5.41, 5.74) is -1.93. The Morgan fingerprint density at radius 2 is 1.86 bits per heavy atom. The molecule has 6 nitrogen and oxygen atoms in total. The van der Waals surface area contributed by atoms with Gasteiger partial charge in [0.2, 0.25) is 0 Å². The molecule has 1 atom stereocenters. The summed E-state index contributed by atoms with van der Waals surface area (Å²) in [6.07, 6.45) is -0.103. The SMILES string of the molecule is COC(=O)c1ccc(C(C)(C=O)NC(=O)OC(C)(C)C)s1. The zero-order valence-electron chi connectivity index (χ0n) is 12.7. The molecule has 0 bridgehead atoms. The topological polar surface area (TPSA) is 81.7 Å². The lowest BCUT2D eigenvalue weighted by Gasteiger charge is -2.26. The molecule has 0 saturated carbocycles. The van der Waals surface area contributed by atoms with Crippen molar-refractivity contribution >= 4 is 29.7 Å². The third kappa shape index (κ3) is 4.56. The molecule has 0 aromatic carbocycles. The standard InChI is InChI=1S/C14H19NO5S/c1-13(2,3)20-12(18)15-14(4,8-16)10-7-6-9(21-10)11(17)19-5/h6-8H,1-5H3,(H,15,18). The number of alkyl carbamates (subject to hydrolysis) is 1. The summed E-state index contributed by atoms with van der Waals surface area (Å²) in [5, 5.41) is 2.52. The van der Waals surface area contributed by atoms with E-state index in [1.54, 1.807) is 32.9 Å². The van der Waals surface area contributed by atoms with Gasteiger partial charge < -0.3 is 19.6 Å². The summed E-state index contributed by atoms with van der Waals surface area (Å²) in [7, 11) is 1.28. The van der Waals surface area contributed by atoms with Crippen LogP contribution >= 0.6 is 11.3 Å². The molecule has 116 valence electrons. The minimum atomic E-state index is -1.26. The molecule has 0 aliphatic rings. The van der Waals surface area contributed by atoms with E-state index in [-0.39, 0.29) is 0 Å². The van der Waals surface area contributed by atoms with Crippen molar-refractivity contribution < 1.29 is 23.9 Å². The first-order valence-corrected chi connectivity index (χ1v) is 7.09. The van der Waals surface area contributed by atoms with E-state index < -0.39 is 23.2 Å². The van der Waals surface area contributed by atoms with Crippen molar-refractivity contribution in [3.8, 4) is 0 Å². The van der Waals surface area contributed by atoms with Crippen LogP contribution in [0.25, 0.3) is 0 Å². The average molecular weight is 313 g/mol. The van der Waals surface area contributed by atoms with Crippen LogP contribution < -0.4 is 5.32 Å². The van der Waals surface area contributed by atoms with E-state index in [0.717, 1.165) is 11.3 Å². The van der Waals surface area contributed by atoms with Gasteiger partial charge in [-0.15, -0.1) is 11.3 Å². The van der Waals surface area contributed by atoms with E-state index in [1.807, 2.05) is 0 Å². The number of nitrogens with one attached hydrogen (secondary N) is 1. The van der Waals surface area contributed by atoms with Crippen molar-refractivity contribution in [2.24, 2.45) is 0 Å². The summed E-state index contributed by atoms with van der Waals surface area (Å²) in [5.74, 6) is -0.489. The van der Waals surface area contributed by atoms with Crippen LogP contribution in [0.4, 0.5) is 4.79 Å². The lowest BCUT2D eigenvalue weighted by Crippen LogP contribution is -2.46. The number of rotatable bonds is 4. The molecule has 0 saturated heterocycles. The molecule has 0 spiro atoms. The summed E-state index contributed by atoms with van der Waals surface area (Å²) in [4.78, 5) is 35.5. The van der Waals surface area contributed by atoms with Crippen LogP contribution in [0.15, 0.2) is 12.1 Å². The predicted octanol–water partition coefficient (Wildman–Crippen LogP) is 2.47. The summed E-state index contributed by atoms with van der Waals surface area (Å²) >= 11 is 1.08. The van der Waals surface area contributed by atoms with Gasteiger partial charge in [0.25, 0.3) is 0 Å². The number of amides is 1. The second kappa shape index (κ2) is 6.26. The fourth-order valence-electron chi connectivity index (χ4n) is 1.49. The quantitative estimate of drug-likeness (QED) is 0.682. The van der Waals surface area contributed by atoms with Gasteiger partial charge in [0.1, 0.15) is 16.0 Å². The molecule has 0 fully saturated rings. The zero-order chi connectivity index (χ0) is 16.3. The molecule has 1 heterocycles. The number of carbonyl (C=O) groups excluding carboxylic acids is 3. The lowest BCUT2D eigenvalue weighted by molar-refractivity contribution is -0.113. The number of esters is 1. The van der Waals surface area contributed by atoms with Crippen LogP contribution in [-0.2, 0) is 19.8 Å². The van der Waals surface area contributed by atoms with Crippen LogP contribution in [-0.4, -0.2) is 31.1 Å². The minimum Gasteiger partial charge on any atom is -0.465 e. The minimum absolute atomic E-state index is 0.353. The number of methoxy groups -OCH3 is 1. The van der Waals surface area contributed by atoms with Gasteiger partial charge in [-0.2, -0.15) is 0 Å². The highest BCUT2D eigenvalue weighted by Crippen LogP contribution is 2.28. The maximum atomic E-state index is 11.8. The molecule has 21 heavy (non-hydrogen) atoms. The number of ether oxygens (including phenoxy) is 2. The van der Waals surface area contributed by atoms with Gasteiger partial charge in [0, 0.05) is 4.88 Å². The Balaban J connectivity index is 2.94. The third-order valence-electron chi connectivity index (χ3n) is 2.50. The molecule has 7 heteroatoms. The van der Waals surface area contributed by atoms with Crippen LogP contribution in [0.5, 0.6) is 0 Å². The van der Waals surface area contributed by atoms with Gasteiger partial charge in [-0.25, -0.2) is 9.59 Å². The Hall–Kier alpha value is -1.89. The van der Waals surface area contributed by atoms with Crippen LogP contribution in [0.1, 0.15) is 42.2 Å².